The van der Waals surface area contributed by atoms with E-state index in [1.165, 1.54) is 52.1 Å². The molecule has 0 saturated heterocycles. The summed E-state index contributed by atoms with van der Waals surface area (Å²) < 4.78 is 35.7. The first-order valence-corrected chi connectivity index (χ1v) is 15.2. The second-order valence-electron chi connectivity index (χ2n) is 8.75. The Kier molecular flexibility index (Phi) is 16.6. The molecule has 1 aromatic rings. The standard InChI is InChI=1S/C26H44O5S2/c1-4-5-6-7-8-9-10-11-12-13-25(18-20-32-21-19-26(27)30-3)31-33(28,29)22-24-16-14-23(2)15-17-24/h14-17,25H,4-13,18-22H2,1-3H3. The molecule has 0 N–H and O–H groups in total. The van der Waals surface area contributed by atoms with Gasteiger partial charge in [-0.05, 0) is 31.1 Å². The molecule has 0 saturated carbocycles. The summed E-state index contributed by atoms with van der Waals surface area (Å²) in [5.74, 6) is 1.12. The molecule has 190 valence electrons. The minimum atomic E-state index is -3.65. The van der Waals surface area contributed by atoms with Gasteiger partial charge in [0.15, 0.2) is 0 Å². The third-order valence-electron chi connectivity index (χ3n) is 5.64. The van der Waals surface area contributed by atoms with Crippen LogP contribution in [-0.2, 0) is 29.6 Å². The lowest BCUT2D eigenvalue weighted by Gasteiger charge is -2.18. The van der Waals surface area contributed by atoms with Crippen LogP contribution in [0.2, 0.25) is 0 Å². The average molecular weight is 501 g/mol. The van der Waals surface area contributed by atoms with Crippen LogP contribution in [0.4, 0.5) is 0 Å². The van der Waals surface area contributed by atoms with Gasteiger partial charge in [0.1, 0.15) is 5.75 Å². The molecule has 0 aliphatic carbocycles. The number of carbonyl (C=O) groups is 1. The summed E-state index contributed by atoms with van der Waals surface area (Å²) in [5.41, 5.74) is 1.85. The van der Waals surface area contributed by atoms with Crippen molar-refractivity contribution in [2.75, 3.05) is 18.6 Å². The Bertz CT molecular complexity index is 732. The van der Waals surface area contributed by atoms with E-state index in [-0.39, 0.29) is 17.8 Å². The summed E-state index contributed by atoms with van der Waals surface area (Å²) in [7, 11) is -2.26. The molecule has 0 aliphatic rings. The van der Waals surface area contributed by atoms with E-state index in [4.69, 9.17) is 4.18 Å². The Hall–Kier alpha value is -1.05. The molecule has 0 heterocycles. The van der Waals surface area contributed by atoms with Crippen LogP contribution in [-0.4, -0.2) is 39.1 Å². The third-order valence-corrected chi connectivity index (χ3v) is 7.91. The molecule has 0 bridgehead atoms. The molecule has 0 aromatic heterocycles. The number of hydrogen-bond acceptors (Lipinski definition) is 6. The monoisotopic (exact) mass is 500 g/mol. The summed E-state index contributed by atoms with van der Waals surface area (Å²) >= 11 is 1.64. The third kappa shape index (κ3) is 16.3. The van der Waals surface area contributed by atoms with Crippen molar-refractivity contribution in [2.24, 2.45) is 0 Å². The van der Waals surface area contributed by atoms with Crippen molar-refractivity contribution in [3.05, 3.63) is 35.4 Å². The zero-order valence-corrected chi connectivity index (χ0v) is 22.5. The van der Waals surface area contributed by atoms with Crippen molar-refractivity contribution in [3.63, 3.8) is 0 Å². The van der Waals surface area contributed by atoms with E-state index >= 15 is 0 Å². The second kappa shape index (κ2) is 18.3. The molecule has 7 heteroatoms. The van der Waals surface area contributed by atoms with Crippen LogP contribution in [0.5, 0.6) is 0 Å². The lowest BCUT2D eigenvalue weighted by atomic mass is 10.0. The molecule has 1 rings (SSSR count). The Morgan fingerprint density at radius 3 is 2.12 bits per heavy atom. The van der Waals surface area contributed by atoms with Gasteiger partial charge in [-0.25, -0.2) is 0 Å². The number of benzene rings is 1. The normalized spacial score (nSPS) is 12.6. The first-order valence-electron chi connectivity index (χ1n) is 12.5. The van der Waals surface area contributed by atoms with E-state index in [9.17, 15) is 13.2 Å². The van der Waals surface area contributed by atoms with Crippen LogP contribution in [0.15, 0.2) is 24.3 Å². The van der Waals surface area contributed by atoms with Gasteiger partial charge in [-0.2, -0.15) is 20.2 Å². The van der Waals surface area contributed by atoms with Crippen LogP contribution in [0.1, 0.15) is 95.1 Å². The first kappa shape index (κ1) is 30.0. The van der Waals surface area contributed by atoms with Gasteiger partial charge < -0.3 is 4.74 Å². The lowest BCUT2D eigenvalue weighted by molar-refractivity contribution is -0.140. The molecule has 1 atom stereocenters. The zero-order chi connectivity index (χ0) is 24.4. The fourth-order valence-electron chi connectivity index (χ4n) is 3.63. The topological polar surface area (TPSA) is 69.7 Å². The Balaban J connectivity index is 2.45. The Morgan fingerprint density at radius 2 is 1.52 bits per heavy atom. The summed E-state index contributed by atoms with van der Waals surface area (Å²) in [6.07, 6.45) is 12.6. The van der Waals surface area contributed by atoms with Crippen LogP contribution in [0.3, 0.4) is 0 Å². The predicted octanol–water partition coefficient (Wildman–Crippen LogP) is 6.82. The van der Waals surface area contributed by atoms with Crippen molar-refractivity contribution in [2.45, 2.75) is 103 Å². The van der Waals surface area contributed by atoms with Gasteiger partial charge in [0.25, 0.3) is 10.1 Å². The molecule has 0 fully saturated rings. The number of esters is 1. The highest BCUT2D eigenvalue weighted by Crippen LogP contribution is 2.20. The van der Waals surface area contributed by atoms with Crippen LogP contribution in [0.25, 0.3) is 0 Å². The number of hydrogen-bond donors (Lipinski definition) is 0. The molecule has 0 amide bonds. The maximum absolute atomic E-state index is 12.7. The Morgan fingerprint density at radius 1 is 0.909 bits per heavy atom. The van der Waals surface area contributed by atoms with Gasteiger partial charge in [-0.15, -0.1) is 0 Å². The van der Waals surface area contributed by atoms with E-state index in [1.54, 1.807) is 11.8 Å². The summed E-state index contributed by atoms with van der Waals surface area (Å²) in [5, 5.41) is 0. The summed E-state index contributed by atoms with van der Waals surface area (Å²) in [6, 6.07) is 7.52. The second-order valence-corrected chi connectivity index (χ2v) is 11.6. The SMILES string of the molecule is CCCCCCCCCCCC(CCSCCC(=O)OC)OS(=O)(=O)Cc1ccc(C)cc1. The van der Waals surface area contributed by atoms with Crippen molar-refractivity contribution >= 4 is 27.8 Å². The summed E-state index contributed by atoms with van der Waals surface area (Å²) in [6.45, 7) is 4.21. The largest absolute Gasteiger partial charge is 0.469 e. The average Bonchev–Trinajstić information content (AvgIpc) is 2.78. The lowest BCUT2D eigenvalue weighted by Crippen LogP contribution is -2.21. The van der Waals surface area contributed by atoms with Crippen molar-refractivity contribution in [1.29, 1.82) is 0 Å². The van der Waals surface area contributed by atoms with Crippen LogP contribution < -0.4 is 0 Å². The highest BCUT2D eigenvalue weighted by Gasteiger charge is 2.20. The van der Waals surface area contributed by atoms with E-state index in [0.717, 1.165) is 36.1 Å². The van der Waals surface area contributed by atoms with Gasteiger partial charge in [-0.3, -0.25) is 8.98 Å². The highest BCUT2D eigenvalue weighted by molar-refractivity contribution is 7.99. The van der Waals surface area contributed by atoms with E-state index in [0.29, 0.717) is 18.6 Å². The molecule has 33 heavy (non-hydrogen) atoms. The van der Waals surface area contributed by atoms with Crippen molar-refractivity contribution in [3.8, 4) is 0 Å². The van der Waals surface area contributed by atoms with E-state index < -0.39 is 10.1 Å². The number of rotatable bonds is 20. The van der Waals surface area contributed by atoms with Gasteiger partial charge >= 0.3 is 5.97 Å². The molecule has 1 unspecified atom stereocenters. The smallest absolute Gasteiger partial charge is 0.306 e. The number of carbonyl (C=O) groups excluding carboxylic acids is 1. The fourth-order valence-corrected chi connectivity index (χ4v) is 5.85. The molecular weight excluding hydrogens is 456 g/mol. The number of aryl methyl sites for hydroxylation is 1. The van der Waals surface area contributed by atoms with Crippen molar-refractivity contribution in [1.82, 2.24) is 0 Å². The maximum Gasteiger partial charge on any atom is 0.306 e. The van der Waals surface area contributed by atoms with Gasteiger partial charge in [-0.1, -0.05) is 94.5 Å². The summed E-state index contributed by atoms with van der Waals surface area (Å²) in [4.78, 5) is 11.3. The maximum atomic E-state index is 12.7. The van der Waals surface area contributed by atoms with Gasteiger partial charge in [0, 0.05) is 5.75 Å². The fraction of sp³-hybridized carbons (Fsp3) is 0.731. The van der Waals surface area contributed by atoms with E-state index in [2.05, 4.69) is 11.7 Å². The van der Waals surface area contributed by atoms with Crippen LogP contribution >= 0.6 is 11.8 Å². The molecule has 1 aromatic carbocycles. The molecule has 5 nitrogen and oxygen atoms in total. The number of methoxy groups -OCH3 is 1. The zero-order valence-electron chi connectivity index (χ0n) is 20.9. The quantitative estimate of drug-likeness (QED) is 0.111. The van der Waals surface area contributed by atoms with Crippen molar-refractivity contribution < 1.29 is 22.1 Å². The number of ether oxygens (including phenoxy) is 1. The first-order chi connectivity index (χ1) is 15.9. The number of unbranched alkanes of at least 4 members (excludes halogenated alkanes) is 8. The van der Waals surface area contributed by atoms with Gasteiger partial charge in [0.2, 0.25) is 0 Å². The Labute approximate surface area is 206 Å². The van der Waals surface area contributed by atoms with E-state index in [1.807, 2.05) is 31.2 Å². The molecule has 0 radical (unpaired) electrons. The van der Waals surface area contributed by atoms with Gasteiger partial charge in [0.05, 0.1) is 19.6 Å². The predicted molar refractivity (Wildman–Crippen MR) is 139 cm³/mol. The van der Waals surface area contributed by atoms with Crippen LogP contribution in [0, 0.1) is 6.92 Å². The minimum absolute atomic E-state index is 0.100. The molecule has 0 aliphatic heterocycles. The molecular formula is C26H44O5S2. The number of thioether (sulfide) groups is 1. The molecule has 0 spiro atoms. The minimum Gasteiger partial charge on any atom is -0.469 e. The highest BCUT2D eigenvalue weighted by atomic mass is 32.2.